The van der Waals surface area contributed by atoms with Gasteiger partial charge in [0.15, 0.2) is 0 Å². The maximum Gasteiger partial charge on any atom is 0.123 e. The summed E-state index contributed by atoms with van der Waals surface area (Å²) in [6, 6.07) is 17.1. The fourth-order valence-corrected chi connectivity index (χ4v) is 3.68. The second kappa shape index (κ2) is 7.75. The maximum absolute atomic E-state index is 13.4. The number of nitrogens with zero attached hydrogens (tertiary/aromatic N) is 3. The van der Waals surface area contributed by atoms with E-state index in [1.807, 2.05) is 36.7 Å². The molecule has 0 saturated carbocycles. The average molecular weight is 347 g/mol. The van der Waals surface area contributed by atoms with E-state index in [4.69, 9.17) is 0 Å². The minimum atomic E-state index is -0.234. The summed E-state index contributed by atoms with van der Waals surface area (Å²) in [6.45, 7) is 1.93. The summed E-state index contributed by atoms with van der Waals surface area (Å²) in [5, 5.41) is 0. The number of rotatable bonds is 4. The number of hydrogen-bond donors (Lipinski definition) is 0. The minimum Gasteiger partial charge on any atom is -0.290 e. The molecule has 1 fully saturated rings. The molecule has 0 spiro atoms. The molecule has 132 valence electrons. The summed E-state index contributed by atoms with van der Waals surface area (Å²) in [5.41, 5.74) is 3.94. The number of piperidine rings is 1. The van der Waals surface area contributed by atoms with Crippen molar-refractivity contribution in [2.45, 2.75) is 31.8 Å². The Bertz CT molecular complexity index is 849. The number of benzene rings is 1. The third-order valence-corrected chi connectivity index (χ3v) is 5.00. The summed E-state index contributed by atoms with van der Waals surface area (Å²) in [5.74, 6) is -0.234. The molecule has 1 aliphatic rings. The second-order valence-electron chi connectivity index (χ2n) is 6.79. The van der Waals surface area contributed by atoms with E-state index in [0.29, 0.717) is 6.04 Å². The van der Waals surface area contributed by atoms with Crippen LogP contribution in [-0.4, -0.2) is 21.4 Å². The van der Waals surface area contributed by atoms with Crippen LogP contribution in [0.4, 0.5) is 4.39 Å². The Kier molecular flexibility index (Phi) is 5.02. The number of aromatic nitrogens is 2. The molecule has 1 saturated heterocycles. The van der Waals surface area contributed by atoms with Crippen molar-refractivity contribution in [2.24, 2.45) is 0 Å². The monoisotopic (exact) mass is 347 g/mol. The van der Waals surface area contributed by atoms with Gasteiger partial charge in [0, 0.05) is 30.5 Å². The molecule has 0 radical (unpaired) electrons. The number of likely N-dealkylation sites (tertiary alicyclic amines) is 1. The first kappa shape index (κ1) is 16.9. The van der Waals surface area contributed by atoms with Gasteiger partial charge in [-0.3, -0.25) is 14.9 Å². The van der Waals surface area contributed by atoms with Crippen molar-refractivity contribution < 1.29 is 4.39 Å². The lowest BCUT2D eigenvalue weighted by Crippen LogP contribution is -2.33. The van der Waals surface area contributed by atoms with Crippen molar-refractivity contribution in [2.75, 3.05) is 6.54 Å². The van der Waals surface area contributed by atoms with E-state index in [1.54, 1.807) is 6.07 Å². The highest BCUT2D eigenvalue weighted by Gasteiger charge is 2.24. The van der Waals surface area contributed by atoms with Crippen molar-refractivity contribution in [1.82, 2.24) is 14.9 Å². The van der Waals surface area contributed by atoms with E-state index in [9.17, 15) is 4.39 Å². The Morgan fingerprint density at radius 3 is 2.73 bits per heavy atom. The minimum absolute atomic E-state index is 0.234. The van der Waals surface area contributed by atoms with Crippen LogP contribution in [0.2, 0.25) is 0 Å². The largest absolute Gasteiger partial charge is 0.290 e. The van der Waals surface area contributed by atoms with Gasteiger partial charge in [0.2, 0.25) is 0 Å². The van der Waals surface area contributed by atoms with Crippen molar-refractivity contribution >= 4 is 0 Å². The Hall–Kier alpha value is -2.59. The van der Waals surface area contributed by atoms with Gasteiger partial charge in [0.1, 0.15) is 5.82 Å². The Morgan fingerprint density at radius 1 is 1.00 bits per heavy atom. The van der Waals surface area contributed by atoms with Gasteiger partial charge >= 0.3 is 0 Å². The van der Waals surface area contributed by atoms with Crippen molar-refractivity contribution in [3.05, 3.63) is 84.1 Å². The summed E-state index contributed by atoms with van der Waals surface area (Å²) < 4.78 is 13.4. The quantitative estimate of drug-likeness (QED) is 0.664. The molecule has 4 rings (SSSR count). The Balaban J connectivity index is 1.54. The van der Waals surface area contributed by atoms with Crippen LogP contribution in [-0.2, 0) is 6.54 Å². The van der Waals surface area contributed by atoms with Gasteiger partial charge in [-0.15, -0.1) is 0 Å². The zero-order valence-corrected chi connectivity index (χ0v) is 14.7. The molecular formula is C22H22FN3. The normalized spacial score (nSPS) is 18.0. The van der Waals surface area contributed by atoms with Crippen LogP contribution in [0.15, 0.2) is 67.0 Å². The molecule has 0 aliphatic carbocycles. The van der Waals surface area contributed by atoms with Crippen molar-refractivity contribution in [3.63, 3.8) is 0 Å². The molecule has 4 heteroatoms. The van der Waals surface area contributed by atoms with E-state index in [0.717, 1.165) is 36.5 Å². The molecule has 3 heterocycles. The lowest BCUT2D eigenvalue weighted by atomic mass is 9.95. The van der Waals surface area contributed by atoms with E-state index in [-0.39, 0.29) is 5.82 Å². The van der Waals surface area contributed by atoms with Crippen LogP contribution >= 0.6 is 0 Å². The van der Waals surface area contributed by atoms with E-state index in [2.05, 4.69) is 27.0 Å². The first-order valence-corrected chi connectivity index (χ1v) is 9.15. The summed E-state index contributed by atoms with van der Waals surface area (Å²) in [6.07, 6.45) is 7.38. The molecule has 0 N–H and O–H groups in total. The highest BCUT2D eigenvalue weighted by molar-refractivity contribution is 5.59. The molecule has 26 heavy (non-hydrogen) atoms. The molecule has 0 bridgehead atoms. The van der Waals surface area contributed by atoms with Crippen LogP contribution in [0.25, 0.3) is 11.3 Å². The number of pyridine rings is 2. The summed E-state index contributed by atoms with van der Waals surface area (Å²) in [4.78, 5) is 11.6. The van der Waals surface area contributed by atoms with E-state index >= 15 is 0 Å². The molecular weight excluding hydrogens is 325 g/mol. The van der Waals surface area contributed by atoms with Gasteiger partial charge < -0.3 is 0 Å². The standard InChI is InChI=1S/C22H22FN3/c23-19-7-5-6-17(14-19)21-11-10-18(15-25-21)22-9-2-4-13-26(22)16-20-8-1-3-12-24-20/h1,3,5-8,10-12,14-15,22H,2,4,9,13,16H2/t22-/m1/s1. The van der Waals surface area contributed by atoms with E-state index in [1.165, 1.54) is 30.5 Å². The van der Waals surface area contributed by atoms with Gasteiger partial charge in [0.25, 0.3) is 0 Å². The van der Waals surface area contributed by atoms with Gasteiger partial charge in [-0.2, -0.15) is 0 Å². The molecule has 1 aliphatic heterocycles. The zero-order chi connectivity index (χ0) is 17.8. The van der Waals surface area contributed by atoms with Crippen LogP contribution < -0.4 is 0 Å². The highest BCUT2D eigenvalue weighted by Crippen LogP contribution is 2.32. The molecule has 2 aromatic heterocycles. The van der Waals surface area contributed by atoms with Gasteiger partial charge in [-0.25, -0.2) is 4.39 Å². The molecule has 1 aromatic carbocycles. The SMILES string of the molecule is Fc1cccc(-c2ccc([C@H]3CCCCN3Cc3ccccn3)cn2)c1. The third kappa shape index (κ3) is 3.81. The third-order valence-electron chi connectivity index (χ3n) is 5.00. The second-order valence-corrected chi connectivity index (χ2v) is 6.79. The molecule has 0 unspecified atom stereocenters. The molecule has 1 atom stereocenters. The molecule has 0 amide bonds. The highest BCUT2D eigenvalue weighted by atomic mass is 19.1. The fourth-order valence-electron chi connectivity index (χ4n) is 3.68. The number of halogens is 1. The van der Waals surface area contributed by atoms with Gasteiger partial charge in [-0.05, 0) is 55.3 Å². The fraction of sp³-hybridized carbons (Fsp3) is 0.273. The van der Waals surface area contributed by atoms with Crippen LogP contribution in [0, 0.1) is 5.82 Å². The Labute approximate surface area is 153 Å². The van der Waals surface area contributed by atoms with E-state index < -0.39 is 0 Å². The van der Waals surface area contributed by atoms with Crippen LogP contribution in [0.3, 0.4) is 0 Å². The van der Waals surface area contributed by atoms with Crippen LogP contribution in [0.1, 0.15) is 36.6 Å². The number of hydrogen-bond acceptors (Lipinski definition) is 3. The smallest absolute Gasteiger partial charge is 0.123 e. The summed E-state index contributed by atoms with van der Waals surface area (Å²) >= 11 is 0. The lowest BCUT2D eigenvalue weighted by molar-refractivity contribution is 0.138. The van der Waals surface area contributed by atoms with Gasteiger partial charge in [-0.1, -0.05) is 30.7 Å². The molecule has 3 nitrogen and oxygen atoms in total. The topological polar surface area (TPSA) is 29.0 Å². The Morgan fingerprint density at radius 2 is 1.96 bits per heavy atom. The van der Waals surface area contributed by atoms with Crippen molar-refractivity contribution in [3.8, 4) is 11.3 Å². The van der Waals surface area contributed by atoms with Gasteiger partial charge in [0.05, 0.1) is 11.4 Å². The zero-order valence-electron chi connectivity index (χ0n) is 14.7. The maximum atomic E-state index is 13.4. The average Bonchev–Trinajstić information content (AvgIpc) is 2.69. The first-order valence-electron chi connectivity index (χ1n) is 9.15. The van der Waals surface area contributed by atoms with Crippen LogP contribution in [0.5, 0.6) is 0 Å². The lowest BCUT2D eigenvalue weighted by Gasteiger charge is -2.35. The van der Waals surface area contributed by atoms with Crippen molar-refractivity contribution in [1.29, 1.82) is 0 Å². The summed E-state index contributed by atoms with van der Waals surface area (Å²) in [7, 11) is 0. The predicted octanol–water partition coefficient (Wildman–Crippen LogP) is 5.01. The predicted molar refractivity (Wildman–Crippen MR) is 101 cm³/mol. The first-order chi connectivity index (χ1) is 12.8. The molecule has 3 aromatic rings.